The zero-order valence-corrected chi connectivity index (χ0v) is 11.5. The van der Waals surface area contributed by atoms with Crippen LogP contribution in [0.1, 0.15) is 5.56 Å². The summed E-state index contributed by atoms with van der Waals surface area (Å²) in [6.45, 7) is -0.380. The Labute approximate surface area is 123 Å². The Kier molecular flexibility index (Phi) is 4.57. The topological polar surface area (TPSA) is 57.6 Å². The predicted octanol–water partition coefficient (Wildman–Crippen LogP) is 1.93. The molecule has 0 heterocycles. The molecule has 0 aliphatic rings. The molecule has 0 fully saturated rings. The quantitative estimate of drug-likeness (QED) is 0.852. The SMILES string of the molecule is C#CCN(CC(=O)O)C(=O)Cc1ccc2ccccc2c1. The van der Waals surface area contributed by atoms with Crippen molar-refractivity contribution in [3.8, 4) is 12.3 Å². The highest BCUT2D eigenvalue weighted by molar-refractivity contribution is 5.86. The molecule has 0 aromatic heterocycles. The Hall–Kier alpha value is -2.80. The number of carboxylic acids is 1. The molecule has 106 valence electrons. The normalized spacial score (nSPS) is 10.0. The van der Waals surface area contributed by atoms with E-state index < -0.39 is 5.97 Å². The second-order valence-corrected chi connectivity index (χ2v) is 4.71. The molecular weight excluding hydrogens is 266 g/mol. The first-order valence-corrected chi connectivity index (χ1v) is 6.51. The van der Waals surface area contributed by atoms with Crippen molar-refractivity contribution in [2.75, 3.05) is 13.1 Å². The first kappa shape index (κ1) is 14.6. The Bertz CT molecular complexity index is 715. The number of hydrogen-bond donors (Lipinski definition) is 1. The molecule has 4 nitrogen and oxygen atoms in total. The van der Waals surface area contributed by atoms with Crippen LogP contribution in [0.4, 0.5) is 0 Å². The number of amides is 1. The lowest BCUT2D eigenvalue weighted by molar-refractivity contribution is -0.143. The maximum atomic E-state index is 12.1. The third-order valence-corrected chi connectivity index (χ3v) is 3.13. The molecule has 21 heavy (non-hydrogen) atoms. The van der Waals surface area contributed by atoms with Crippen LogP contribution in [0.15, 0.2) is 42.5 Å². The van der Waals surface area contributed by atoms with Gasteiger partial charge in [-0.15, -0.1) is 6.42 Å². The maximum Gasteiger partial charge on any atom is 0.323 e. The largest absolute Gasteiger partial charge is 0.480 e. The lowest BCUT2D eigenvalue weighted by atomic mass is 10.0. The number of hydrogen-bond acceptors (Lipinski definition) is 2. The third-order valence-electron chi connectivity index (χ3n) is 3.13. The molecule has 4 heteroatoms. The number of benzene rings is 2. The molecule has 2 aromatic rings. The van der Waals surface area contributed by atoms with Crippen molar-refractivity contribution in [2.45, 2.75) is 6.42 Å². The van der Waals surface area contributed by atoms with E-state index in [2.05, 4.69) is 5.92 Å². The third kappa shape index (κ3) is 3.83. The molecule has 0 aliphatic heterocycles. The van der Waals surface area contributed by atoms with Gasteiger partial charge >= 0.3 is 5.97 Å². The van der Waals surface area contributed by atoms with Crippen molar-refractivity contribution in [2.24, 2.45) is 0 Å². The average molecular weight is 281 g/mol. The van der Waals surface area contributed by atoms with E-state index in [0.29, 0.717) is 0 Å². The van der Waals surface area contributed by atoms with Gasteiger partial charge in [0.25, 0.3) is 0 Å². The number of terminal acetylenes is 1. The average Bonchev–Trinajstić information content (AvgIpc) is 2.46. The summed E-state index contributed by atoms with van der Waals surface area (Å²) in [6, 6.07) is 13.6. The van der Waals surface area contributed by atoms with E-state index in [1.54, 1.807) is 0 Å². The van der Waals surface area contributed by atoms with E-state index in [1.807, 2.05) is 42.5 Å². The summed E-state index contributed by atoms with van der Waals surface area (Å²) in [5.41, 5.74) is 0.839. The monoisotopic (exact) mass is 281 g/mol. The van der Waals surface area contributed by atoms with Crippen LogP contribution < -0.4 is 0 Å². The molecule has 0 spiro atoms. The summed E-state index contributed by atoms with van der Waals surface area (Å²) in [5, 5.41) is 10.9. The first-order valence-electron chi connectivity index (χ1n) is 6.51. The van der Waals surface area contributed by atoms with Crippen molar-refractivity contribution in [3.05, 3.63) is 48.0 Å². The van der Waals surface area contributed by atoms with Gasteiger partial charge in [0, 0.05) is 0 Å². The van der Waals surface area contributed by atoms with Crippen molar-refractivity contribution in [3.63, 3.8) is 0 Å². The van der Waals surface area contributed by atoms with Gasteiger partial charge in [0.05, 0.1) is 13.0 Å². The van der Waals surface area contributed by atoms with Gasteiger partial charge < -0.3 is 10.0 Å². The molecule has 2 aromatic carbocycles. The van der Waals surface area contributed by atoms with E-state index in [0.717, 1.165) is 21.2 Å². The van der Waals surface area contributed by atoms with Crippen LogP contribution in [0.5, 0.6) is 0 Å². The van der Waals surface area contributed by atoms with Crippen LogP contribution >= 0.6 is 0 Å². The highest BCUT2D eigenvalue weighted by atomic mass is 16.4. The van der Waals surface area contributed by atoms with E-state index in [-0.39, 0.29) is 25.4 Å². The van der Waals surface area contributed by atoms with Crippen molar-refractivity contribution >= 4 is 22.6 Å². The second kappa shape index (κ2) is 6.58. The van der Waals surface area contributed by atoms with E-state index in [4.69, 9.17) is 11.5 Å². The van der Waals surface area contributed by atoms with Crippen LogP contribution in [0, 0.1) is 12.3 Å². The molecule has 0 bridgehead atoms. The van der Waals surface area contributed by atoms with Crippen LogP contribution in [-0.4, -0.2) is 35.0 Å². The standard InChI is InChI=1S/C17H15NO3/c1-2-9-18(12-17(20)21)16(19)11-13-7-8-14-5-3-4-6-15(14)10-13/h1,3-8,10H,9,11-12H2,(H,20,21). The van der Waals surface area contributed by atoms with Crippen LogP contribution in [0.25, 0.3) is 10.8 Å². The fraction of sp³-hybridized carbons (Fsp3) is 0.176. The molecule has 0 saturated carbocycles. The summed E-state index contributed by atoms with van der Waals surface area (Å²) >= 11 is 0. The lowest BCUT2D eigenvalue weighted by Crippen LogP contribution is -2.36. The summed E-state index contributed by atoms with van der Waals surface area (Å²) in [6.07, 6.45) is 5.31. The number of aliphatic carboxylic acids is 1. The van der Waals surface area contributed by atoms with E-state index >= 15 is 0 Å². The number of carbonyl (C=O) groups excluding carboxylic acids is 1. The summed E-state index contributed by atoms with van der Waals surface area (Å²) in [5.74, 6) is 0.953. The molecule has 2 rings (SSSR count). The van der Waals surface area contributed by atoms with Crippen molar-refractivity contribution in [1.82, 2.24) is 4.90 Å². The van der Waals surface area contributed by atoms with Crippen LogP contribution in [0.3, 0.4) is 0 Å². The fourth-order valence-corrected chi connectivity index (χ4v) is 2.14. The smallest absolute Gasteiger partial charge is 0.323 e. The van der Waals surface area contributed by atoms with Gasteiger partial charge in [-0.3, -0.25) is 9.59 Å². The Balaban J connectivity index is 2.15. The van der Waals surface area contributed by atoms with Crippen molar-refractivity contribution < 1.29 is 14.7 Å². The van der Waals surface area contributed by atoms with Gasteiger partial charge in [0.1, 0.15) is 6.54 Å². The fourth-order valence-electron chi connectivity index (χ4n) is 2.14. The molecule has 0 saturated heterocycles. The number of carbonyl (C=O) groups is 2. The van der Waals surface area contributed by atoms with Crippen molar-refractivity contribution in [1.29, 1.82) is 0 Å². The zero-order chi connectivity index (χ0) is 15.2. The van der Waals surface area contributed by atoms with Gasteiger partial charge in [0.2, 0.25) is 5.91 Å². The van der Waals surface area contributed by atoms with Gasteiger partial charge in [0.15, 0.2) is 0 Å². The number of carboxylic acid groups (broad SMARTS) is 1. The Morgan fingerprint density at radius 2 is 1.86 bits per heavy atom. The molecule has 1 N–H and O–H groups in total. The minimum Gasteiger partial charge on any atom is -0.480 e. The van der Waals surface area contributed by atoms with Gasteiger partial charge in [-0.2, -0.15) is 0 Å². The minimum absolute atomic E-state index is 0.00128. The molecule has 0 radical (unpaired) electrons. The highest BCUT2D eigenvalue weighted by Gasteiger charge is 2.16. The summed E-state index contributed by atoms with van der Waals surface area (Å²) in [4.78, 5) is 24.1. The van der Waals surface area contributed by atoms with Gasteiger partial charge in [-0.25, -0.2) is 0 Å². The predicted molar refractivity (Wildman–Crippen MR) is 80.7 cm³/mol. The minimum atomic E-state index is -1.07. The molecular formula is C17H15NO3. The maximum absolute atomic E-state index is 12.1. The molecule has 1 amide bonds. The van der Waals surface area contributed by atoms with Crippen LogP contribution in [0.2, 0.25) is 0 Å². The zero-order valence-electron chi connectivity index (χ0n) is 11.5. The summed E-state index contributed by atoms with van der Waals surface area (Å²) < 4.78 is 0. The summed E-state index contributed by atoms with van der Waals surface area (Å²) in [7, 11) is 0. The Morgan fingerprint density at radius 1 is 1.14 bits per heavy atom. The molecule has 0 unspecified atom stereocenters. The lowest BCUT2D eigenvalue weighted by Gasteiger charge is -2.18. The van der Waals surface area contributed by atoms with E-state index in [1.165, 1.54) is 0 Å². The Morgan fingerprint density at radius 3 is 2.52 bits per heavy atom. The molecule has 0 aliphatic carbocycles. The van der Waals surface area contributed by atoms with Gasteiger partial charge in [-0.05, 0) is 16.3 Å². The van der Waals surface area contributed by atoms with E-state index in [9.17, 15) is 9.59 Å². The number of nitrogens with zero attached hydrogens (tertiary/aromatic N) is 1. The molecule has 0 atom stereocenters. The van der Waals surface area contributed by atoms with Crippen LogP contribution in [-0.2, 0) is 16.0 Å². The van der Waals surface area contributed by atoms with Gasteiger partial charge in [-0.1, -0.05) is 48.4 Å². The first-order chi connectivity index (χ1) is 10.1. The highest BCUT2D eigenvalue weighted by Crippen LogP contribution is 2.16. The number of fused-ring (bicyclic) bond motifs is 1. The number of rotatable bonds is 5. The second-order valence-electron chi connectivity index (χ2n) is 4.71.